The molecule has 0 atom stereocenters. The zero-order valence-electron chi connectivity index (χ0n) is 11.5. The highest BCUT2D eigenvalue weighted by molar-refractivity contribution is 6.00. The standard InChI is InChI=1S/C14H22O4/c1-4-17-13(15)10(3)12(14(16)18-5-2)11-8-6-7-9-11/h11H,4-9H2,1-3H3/b12-10-. The first-order valence-corrected chi connectivity index (χ1v) is 6.66. The largest absolute Gasteiger partial charge is 0.463 e. The number of rotatable bonds is 5. The van der Waals surface area contributed by atoms with Gasteiger partial charge in [0.2, 0.25) is 0 Å². The van der Waals surface area contributed by atoms with Crippen molar-refractivity contribution >= 4 is 11.9 Å². The average molecular weight is 254 g/mol. The van der Waals surface area contributed by atoms with Gasteiger partial charge in [-0.15, -0.1) is 0 Å². The van der Waals surface area contributed by atoms with Crippen LogP contribution in [0, 0.1) is 5.92 Å². The molecular weight excluding hydrogens is 232 g/mol. The normalized spacial score (nSPS) is 17.3. The minimum atomic E-state index is -0.410. The van der Waals surface area contributed by atoms with Crippen molar-refractivity contribution in [2.24, 2.45) is 5.92 Å². The maximum Gasteiger partial charge on any atom is 0.334 e. The minimum absolute atomic E-state index is 0.147. The molecule has 18 heavy (non-hydrogen) atoms. The van der Waals surface area contributed by atoms with Crippen LogP contribution in [0.5, 0.6) is 0 Å². The van der Waals surface area contributed by atoms with Crippen molar-refractivity contribution in [3.63, 3.8) is 0 Å². The lowest BCUT2D eigenvalue weighted by Crippen LogP contribution is -2.20. The molecule has 0 bridgehead atoms. The van der Waals surface area contributed by atoms with Crippen molar-refractivity contribution in [2.75, 3.05) is 13.2 Å². The summed E-state index contributed by atoms with van der Waals surface area (Å²) in [5.74, 6) is -0.629. The third-order valence-electron chi connectivity index (χ3n) is 3.24. The number of hydrogen-bond acceptors (Lipinski definition) is 4. The van der Waals surface area contributed by atoms with Crippen molar-refractivity contribution in [3.05, 3.63) is 11.1 Å². The summed E-state index contributed by atoms with van der Waals surface area (Å²) in [5.41, 5.74) is 0.926. The molecule has 4 heteroatoms. The van der Waals surface area contributed by atoms with Gasteiger partial charge in [-0.3, -0.25) is 0 Å². The Morgan fingerprint density at radius 3 is 2.00 bits per heavy atom. The van der Waals surface area contributed by atoms with Crippen molar-refractivity contribution < 1.29 is 19.1 Å². The second-order valence-corrected chi connectivity index (χ2v) is 4.46. The molecule has 0 aromatic carbocycles. The van der Waals surface area contributed by atoms with E-state index >= 15 is 0 Å². The Morgan fingerprint density at radius 1 is 1.00 bits per heavy atom. The maximum absolute atomic E-state index is 12.0. The molecular formula is C14H22O4. The van der Waals surface area contributed by atoms with Crippen LogP contribution in [0.1, 0.15) is 46.5 Å². The molecule has 0 amide bonds. The summed E-state index contributed by atoms with van der Waals surface area (Å²) in [5, 5.41) is 0. The summed E-state index contributed by atoms with van der Waals surface area (Å²) < 4.78 is 10.0. The van der Waals surface area contributed by atoms with Crippen molar-refractivity contribution in [2.45, 2.75) is 46.5 Å². The quantitative estimate of drug-likeness (QED) is 0.559. The van der Waals surface area contributed by atoms with E-state index in [0.717, 1.165) is 25.7 Å². The Balaban J connectivity index is 2.97. The van der Waals surface area contributed by atoms with E-state index in [1.54, 1.807) is 20.8 Å². The Labute approximate surface area is 108 Å². The highest BCUT2D eigenvalue weighted by Gasteiger charge is 2.29. The summed E-state index contributed by atoms with van der Waals surface area (Å²) in [6.07, 6.45) is 4.10. The number of esters is 2. The lowest BCUT2D eigenvalue weighted by molar-refractivity contribution is -0.142. The SMILES string of the molecule is CCOC(=O)/C(C)=C(\C(=O)OCC)C1CCCC1. The van der Waals surface area contributed by atoms with E-state index in [1.165, 1.54) is 0 Å². The van der Waals surface area contributed by atoms with Crippen molar-refractivity contribution in [1.82, 2.24) is 0 Å². The monoisotopic (exact) mass is 254 g/mol. The molecule has 4 nitrogen and oxygen atoms in total. The highest BCUT2D eigenvalue weighted by Crippen LogP contribution is 2.33. The molecule has 0 radical (unpaired) electrons. The molecule has 0 spiro atoms. The van der Waals surface area contributed by atoms with Crippen LogP contribution < -0.4 is 0 Å². The summed E-state index contributed by atoms with van der Waals surface area (Å²) in [6, 6.07) is 0. The Bertz CT molecular complexity index is 338. The van der Waals surface area contributed by atoms with Crippen LogP contribution in [0.3, 0.4) is 0 Å². The van der Waals surface area contributed by atoms with Gasteiger partial charge in [0, 0.05) is 5.57 Å². The molecule has 0 aromatic heterocycles. The fourth-order valence-corrected chi connectivity index (χ4v) is 2.40. The topological polar surface area (TPSA) is 52.6 Å². The molecule has 1 fully saturated rings. The van der Waals surface area contributed by atoms with E-state index < -0.39 is 5.97 Å². The first-order valence-electron chi connectivity index (χ1n) is 6.66. The summed E-state index contributed by atoms with van der Waals surface area (Å²) in [6.45, 7) is 5.82. The van der Waals surface area contributed by atoms with E-state index in [-0.39, 0.29) is 11.9 Å². The van der Waals surface area contributed by atoms with E-state index in [1.807, 2.05) is 0 Å². The highest BCUT2D eigenvalue weighted by atomic mass is 16.5. The van der Waals surface area contributed by atoms with E-state index in [0.29, 0.717) is 24.4 Å². The van der Waals surface area contributed by atoms with Gasteiger partial charge < -0.3 is 9.47 Å². The van der Waals surface area contributed by atoms with Gasteiger partial charge in [-0.05, 0) is 39.5 Å². The fraction of sp³-hybridized carbons (Fsp3) is 0.714. The first kappa shape index (κ1) is 14.7. The molecule has 0 N–H and O–H groups in total. The first-order chi connectivity index (χ1) is 8.61. The third-order valence-corrected chi connectivity index (χ3v) is 3.24. The Morgan fingerprint density at radius 2 is 1.50 bits per heavy atom. The van der Waals surface area contributed by atoms with Gasteiger partial charge in [-0.2, -0.15) is 0 Å². The molecule has 1 saturated carbocycles. The van der Waals surface area contributed by atoms with Crippen molar-refractivity contribution in [3.8, 4) is 0 Å². The Hall–Kier alpha value is -1.32. The smallest absolute Gasteiger partial charge is 0.334 e. The number of hydrogen-bond donors (Lipinski definition) is 0. The lowest BCUT2D eigenvalue weighted by Gasteiger charge is -2.16. The summed E-state index contributed by atoms with van der Waals surface area (Å²) in [4.78, 5) is 23.8. The summed E-state index contributed by atoms with van der Waals surface area (Å²) >= 11 is 0. The molecule has 0 unspecified atom stereocenters. The Kier molecular flexibility index (Phi) is 5.89. The lowest BCUT2D eigenvalue weighted by atomic mass is 9.93. The van der Waals surface area contributed by atoms with Gasteiger partial charge in [0.05, 0.1) is 18.8 Å². The molecule has 1 rings (SSSR count). The fourth-order valence-electron chi connectivity index (χ4n) is 2.40. The molecule has 1 aliphatic carbocycles. The second kappa shape index (κ2) is 7.19. The van der Waals surface area contributed by atoms with E-state index in [4.69, 9.17) is 9.47 Å². The van der Waals surface area contributed by atoms with Gasteiger partial charge in [0.1, 0.15) is 0 Å². The predicted molar refractivity (Wildman–Crippen MR) is 67.9 cm³/mol. The molecule has 0 aromatic rings. The van der Waals surface area contributed by atoms with Gasteiger partial charge in [0.25, 0.3) is 0 Å². The van der Waals surface area contributed by atoms with E-state index in [9.17, 15) is 9.59 Å². The van der Waals surface area contributed by atoms with Crippen LogP contribution in [-0.4, -0.2) is 25.2 Å². The van der Waals surface area contributed by atoms with Gasteiger partial charge in [-0.25, -0.2) is 9.59 Å². The van der Waals surface area contributed by atoms with Gasteiger partial charge in [0.15, 0.2) is 0 Å². The molecule has 0 aliphatic heterocycles. The molecule has 0 heterocycles. The van der Waals surface area contributed by atoms with Crippen LogP contribution in [-0.2, 0) is 19.1 Å². The third kappa shape index (κ3) is 3.59. The summed E-state index contributed by atoms with van der Waals surface area (Å²) in [7, 11) is 0. The average Bonchev–Trinajstić information content (AvgIpc) is 2.83. The molecule has 1 aliphatic rings. The molecule has 0 saturated heterocycles. The van der Waals surface area contributed by atoms with Crippen LogP contribution in [0.15, 0.2) is 11.1 Å². The predicted octanol–water partition coefficient (Wildman–Crippen LogP) is 2.62. The zero-order chi connectivity index (χ0) is 13.5. The van der Waals surface area contributed by atoms with Crippen molar-refractivity contribution in [1.29, 1.82) is 0 Å². The minimum Gasteiger partial charge on any atom is -0.463 e. The number of ether oxygens (including phenoxy) is 2. The zero-order valence-corrected chi connectivity index (χ0v) is 11.5. The van der Waals surface area contributed by atoms with E-state index in [2.05, 4.69) is 0 Å². The van der Waals surface area contributed by atoms with Crippen LogP contribution in [0.4, 0.5) is 0 Å². The number of carbonyl (C=O) groups is 2. The second-order valence-electron chi connectivity index (χ2n) is 4.46. The molecule has 102 valence electrons. The van der Waals surface area contributed by atoms with Gasteiger partial charge in [-0.1, -0.05) is 12.8 Å². The maximum atomic E-state index is 12.0. The van der Waals surface area contributed by atoms with Crippen LogP contribution >= 0.6 is 0 Å². The van der Waals surface area contributed by atoms with Crippen LogP contribution in [0.2, 0.25) is 0 Å². The van der Waals surface area contributed by atoms with Gasteiger partial charge >= 0.3 is 11.9 Å². The number of carbonyl (C=O) groups excluding carboxylic acids is 2. The van der Waals surface area contributed by atoms with Crippen LogP contribution in [0.25, 0.3) is 0 Å².